The second kappa shape index (κ2) is 7.94. The van der Waals surface area contributed by atoms with E-state index >= 15 is 0 Å². The zero-order chi connectivity index (χ0) is 14.3. The molecule has 0 heterocycles. The van der Waals surface area contributed by atoms with Crippen molar-refractivity contribution in [2.75, 3.05) is 7.11 Å². The van der Waals surface area contributed by atoms with E-state index in [-0.39, 0.29) is 24.3 Å². The van der Waals surface area contributed by atoms with E-state index in [1.54, 1.807) is 6.92 Å². The van der Waals surface area contributed by atoms with E-state index in [2.05, 4.69) is 26.0 Å². The van der Waals surface area contributed by atoms with Gasteiger partial charge < -0.3 is 10.1 Å². The standard InChI is InChI=1S/C14H18BrNO3/c1-10(8-14(18)19-2)16-13(17)7-6-11-4-3-5-12(15)9-11/h3-5,9-10H,6-8H2,1-2H3,(H,16,17). The first kappa shape index (κ1) is 15.7. The van der Waals surface area contributed by atoms with Gasteiger partial charge in [-0.15, -0.1) is 0 Å². The van der Waals surface area contributed by atoms with Gasteiger partial charge in [0, 0.05) is 16.9 Å². The Labute approximate surface area is 121 Å². The average Bonchev–Trinajstić information content (AvgIpc) is 2.36. The van der Waals surface area contributed by atoms with Gasteiger partial charge in [0.25, 0.3) is 0 Å². The Morgan fingerprint density at radius 1 is 1.42 bits per heavy atom. The number of ether oxygens (including phenoxy) is 1. The third-order valence-corrected chi connectivity index (χ3v) is 3.13. The number of amides is 1. The van der Waals surface area contributed by atoms with Crippen LogP contribution in [0.1, 0.15) is 25.3 Å². The molecule has 1 aromatic carbocycles. The van der Waals surface area contributed by atoms with E-state index in [0.29, 0.717) is 12.8 Å². The van der Waals surface area contributed by atoms with E-state index in [1.807, 2.05) is 24.3 Å². The highest BCUT2D eigenvalue weighted by Gasteiger charge is 2.11. The van der Waals surface area contributed by atoms with Crippen molar-refractivity contribution < 1.29 is 14.3 Å². The topological polar surface area (TPSA) is 55.4 Å². The Morgan fingerprint density at radius 3 is 2.79 bits per heavy atom. The molecule has 1 amide bonds. The Balaban J connectivity index is 2.33. The van der Waals surface area contributed by atoms with Gasteiger partial charge in [-0.05, 0) is 31.0 Å². The minimum Gasteiger partial charge on any atom is -0.469 e. The van der Waals surface area contributed by atoms with Gasteiger partial charge in [-0.25, -0.2) is 0 Å². The fourth-order valence-electron chi connectivity index (χ4n) is 1.68. The number of rotatable bonds is 6. The summed E-state index contributed by atoms with van der Waals surface area (Å²) in [4.78, 5) is 22.7. The largest absolute Gasteiger partial charge is 0.469 e. The Morgan fingerprint density at radius 2 is 2.16 bits per heavy atom. The summed E-state index contributed by atoms with van der Waals surface area (Å²) < 4.78 is 5.55. The molecule has 19 heavy (non-hydrogen) atoms. The molecule has 0 saturated carbocycles. The average molecular weight is 328 g/mol. The second-order valence-corrected chi connectivity index (χ2v) is 5.29. The smallest absolute Gasteiger partial charge is 0.307 e. The van der Waals surface area contributed by atoms with Gasteiger partial charge in [-0.1, -0.05) is 28.1 Å². The first-order valence-electron chi connectivity index (χ1n) is 6.12. The van der Waals surface area contributed by atoms with Crippen molar-refractivity contribution in [3.63, 3.8) is 0 Å². The summed E-state index contributed by atoms with van der Waals surface area (Å²) in [6.07, 6.45) is 1.28. The van der Waals surface area contributed by atoms with Crippen LogP contribution in [0.25, 0.3) is 0 Å². The zero-order valence-electron chi connectivity index (χ0n) is 11.1. The third kappa shape index (κ3) is 6.38. The van der Waals surface area contributed by atoms with Crippen LogP contribution in [-0.4, -0.2) is 25.0 Å². The van der Waals surface area contributed by atoms with Crippen LogP contribution in [0.2, 0.25) is 0 Å². The van der Waals surface area contributed by atoms with Gasteiger partial charge in [-0.3, -0.25) is 9.59 Å². The Kier molecular flexibility index (Phi) is 6.56. The van der Waals surface area contributed by atoms with Gasteiger partial charge in [0.05, 0.1) is 13.5 Å². The number of carbonyl (C=O) groups excluding carboxylic acids is 2. The third-order valence-electron chi connectivity index (χ3n) is 2.64. The maximum absolute atomic E-state index is 11.7. The number of benzene rings is 1. The van der Waals surface area contributed by atoms with Crippen molar-refractivity contribution in [2.24, 2.45) is 0 Å². The molecule has 0 aromatic heterocycles. The number of halogens is 1. The summed E-state index contributed by atoms with van der Waals surface area (Å²) in [5.74, 6) is -0.379. The quantitative estimate of drug-likeness (QED) is 0.816. The van der Waals surface area contributed by atoms with Crippen LogP contribution in [0.5, 0.6) is 0 Å². The van der Waals surface area contributed by atoms with Crippen LogP contribution in [0, 0.1) is 0 Å². The minimum atomic E-state index is -0.320. The van der Waals surface area contributed by atoms with Gasteiger partial charge in [0.15, 0.2) is 0 Å². The van der Waals surface area contributed by atoms with E-state index in [1.165, 1.54) is 7.11 Å². The first-order valence-corrected chi connectivity index (χ1v) is 6.91. The zero-order valence-corrected chi connectivity index (χ0v) is 12.7. The molecular weight excluding hydrogens is 310 g/mol. The molecule has 0 aliphatic heterocycles. The van der Waals surface area contributed by atoms with Crippen molar-refractivity contribution in [1.82, 2.24) is 5.32 Å². The molecule has 1 N–H and O–H groups in total. The minimum absolute atomic E-state index is 0.0589. The van der Waals surface area contributed by atoms with Gasteiger partial charge >= 0.3 is 5.97 Å². The fraction of sp³-hybridized carbons (Fsp3) is 0.429. The van der Waals surface area contributed by atoms with Crippen molar-refractivity contribution in [2.45, 2.75) is 32.2 Å². The molecule has 0 aliphatic rings. The maximum Gasteiger partial charge on any atom is 0.307 e. The van der Waals surface area contributed by atoms with Crippen LogP contribution in [0.4, 0.5) is 0 Å². The van der Waals surface area contributed by atoms with Crippen molar-refractivity contribution in [3.8, 4) is 0 Å². The lowest BCUT2D eigenvalue weighted by molar-refractivity contribution is -0.141. The Bertz CT molecular complexity index is 448. The summed E-state index contributed by atoms with van der Waals surface area (Å²) >= 11 is 3.39. The van der Waals surface area contributed by atoms with Gasteiger partial charge in [-0.2, -0.15) is 0 Å². The highest BCUT2D eigenvalue weighted by molar-refractivity contribution is 9.10. The number of aryl methyl sites for hydroxylation is 1. The van der Waals surface area contributed by atoms with Crippen LogP contribution in [-0.2, 0) is 20.7 Å². The molecular formula is C14H18BrNO3. The predicted molar refractivity (Wildman–Crippen MR) is 76.7 cm³/mol. The number of esters is 1. The molecule has 1 aromatic rings. The van der Waals surface area contributed by atoms with E-state index < -0.39 is 0 Å². The summed E-state index contributed by atoms with van der Waals surface area (Å²) in [5, 5.41) is 2.78. The molecule has 4 nitrogen and oxygen atoms in total. The number of nitrogens with one attached hydrogen (secondary N) is 1. The van der Waals surface area contributed by atoms with Gasteiger partial charge in [0.1, 0.15) is 0 Å². The SMILES string of the molecule is COC(=O)CC(C)NC(=O)CCc1cccc(Br)c1. The summed E-state index contributed by atoms with van der Waals surface area (Å²) in [6, 6.07) is 7.66. The summed E-state index contributed by atoms with van der Waals surface area (Å²) in [5.41, 5.74) is 1.10. The normalized spacial score (nSPS) is 11.7. The molecule has 1 unspecified atom stereocenters. The van der Waals surface area contributed by atoms with Gasteiger partial charge in [0.2, 0.25) is 5.91 Å². The molecule has 1 rings (SSSR count). The molecule has 0 bridgehead atoms. The molecule has 5 heteroatoms. The first-order chi connectivity index (χ1) is 9.01. The lowest BCUT2D eigenvalue weighted by atomic mass is 10.1. The van der Waals surface area contributed by atoms with E-state index in [4.69, 9.17) is 0 Å². The molecule has 0 aliphatic carbocycles. The number of methoxy groups -OCH3 is 1. The van der Waals surface area contributed by atoms with E-state index in [0.717, 1.165) is 10.0 Å². The van der Waals surface area contributed by atoms with Crippen LogP contribution < -0.4 is 5.32 Å². The molecule has 0 spiro atoms. The monoisotopic (exact) mass is 327 g/mol. The predicted octanol–water partition coefficient (Wildman–Crippen LogP) is 2.45. The highest BCUT2D eigenvalue weighted by atomic mass is 79.9. The molecule has 0 radical (unpaired) electrons. The lowest BCUT2D eigenvalue weighted by Crippen LogP contribution is -2.34. The molecule has 1 atom stereocenters. The van der Waals surface area contributed by atoms with E-state index in [9.17, 15) is 9.59 Å². The molecule has 0 fully saturated rings. The number of hydrogen-bond donors (Lipinski definition) is 1. The van der Waals surface area contributed by atoms with Crippen LogP contribution >= 0.6 is 15.9 Å². The Hall–Kier alpha value is -1.36. The fourth-order valence-corrected chi connectivity index (χ4v) is 2.13. The summed E-state index contributed by atoms with van der Waals surface area (Å²) in [7, 11) is 1.34. The van der Waals surface area contributed by atoms with Crippen LogP contribution in [0.3, 0.4) is 0 Å². The van der Waals surface area contributed by atoms with Crippen molar-refractivity contribution in [3.05, 3.63) is 34.3 Å². The van der Waals surface area contributed by atoms with Crippen molar-refractivity contribution >= 4 is 27.8 Å². The second-order valence-electron chi connectivity index (χ2n) is 4.38. The number of carbonyl (C=O) groups is 2. The maximum atomic E-state index is 11.7. The molecule has 104 valence electrons. The summed E-state index contributed by atoms with van der Waals surface area (Å²) in [6.45, 7) is 1.79. The van der Waals surface area contributed by atoms with Crippen LogP contribution in [0.15, 0.2) is 28.7 Å². The molecule has 0 saturated heterocycles. The van der Waals surface area contributed by atoms with Crippen molar-refractivity contribution in [1.29, 1.82) is 0 Å². The lowest BCUT2D eigenvalue weighted by Gasteiger charge is -2.12. The highest BCUT2D eigenvalue weighted by Crippen LogP contribution is 2.13. The number of hydrogen-bond acceptors (Lipinski definition) is 3.